The Labute approximate surface area is 196 Å². The fraction of sp³-hybridized carbons (Fsp3) is 0.391. The van der Waals surface area contributed by atoms with Gasteiger partial charge in [-0.05, 0) is 59.7 Å². The Balaban J connectivity index is 1.62. The molecule has 0 unspecified atom stereocenters. The zero-order valence-electron chi connectivity index (χ0n) is 17.9. The van der Waals surface area contributed by atoms with Gasteiger partial charge in [-0.25, -0.2) is 5.43 Å². The normalized spacial score (nSPS) is 14.5. The van der Waals surface area contributed by atoms with Crippen LogP contribution in [-0.4, -0.2) is 56.5 Å². The van der Waals surface area contributed by atoms with Gasteiger partial charge >= 0.3 is 0 Å². The molecule has 0 aromatic heterocycles. The molecule has 0 saturated carbocycles. The summed E-state index contributed by atoms with van der Waals surface area (Å²) in [5, 5.41) is 4.10. The summed E-state index contributed by atoms with van der Waals surface area (Å²) >= 11 is 2.23. The number of halogens is 1. The highest BCUT2D eigenvalue weighted by Gasteiger charge is 2.14. The number of benzene rings is 2. The molecule has 3 rings (SSSR count). The smallest absolute Gasteiger partial charge is 0.254 e. The van der Waals surface area contributed by atoms with Crippen LogP contribution in [0.3, 0.4) is 0 Å². The van der Waals surface area contributed by atoms with E-state index in [2.05, 4.69) is 64.3 Å². The van der Waals surface area contributed by atoms with E-state index in [4.69, 9.17) is 14.2 Å². The third kappa shape index (κ3) is 7.48. The summed E-state index contributed by atoms with van der Waals surface area (Å²) in [5.41, 5.74) is 5.72. The van der Waals surface area contributed by atoms with Crippen LogP contribution in [0.5, 0.6) is 11.5 Å². The minimum atomic E-state index is -0.143. The fourth-order valence-corrected chi connectivity index (χ4v) is 3.86. The maximum atomic E-state index is 12.1. The standard InChI is InChI=1S/C23H28IN3O4/c1-3-30-21-13-19(14-25-26-22(28)15-27-8-10-29-11-9-27)12-20(24)23(21)31-16-18-6-4-17(2)5-7-18/h4-7,12-14H,3,8-11,15-16H2,1-2H3,(H,26,28)/b25-14+. The summed E-state index contributed by atoms with van der Waals surface area (Å²) in [6.07, 6.45) is 1.62. The highest BCUT2D eigenvalue weighted by Crippen LogP contribution is 2.34. The summed E-state index contributed by atoms with van der Waals surface area (Å²) in [6.45, 7) is 8.13. The fourth-order valence-electron chi connectivity index (χ4n) is 3.08. The van der Waals surface area contributed by atoms with Crippen LogP contribution in [0.4, 0.5) is 0 Å². The van der Waals surface area contributed by atoms with Gasteiger partial charge in [0.25, 0.3) is 5.91 Å². The Bertz CT molecular complexity index is 896. The van der Waals surface area contributed by atoms with E-state index >= 15 is 0 Å². The number of amides is 1. The molecule has 31 heavy (non-hydrogen) atoms. The van der Waals surface area contributed by atoms with E-state index < -0.39 is 0 Å². The van der Waals surface area contributed by atoms with Gasteiger partial charge in [-0.15, -0.1) is 0 Å². The molecule has 1 aliphatic rings. The lowest BCUT2D eigenvalue weighted by Crippen LogP contribution is -2.42. The van der Waals surface area contributed by atoms with Crippen molar-refractivity contribution in [2.45, 2.75) is 20.5 Å². The first-order chi connectivity index (χ1) is 15.0. The molecule has 0 radical (unpaired) electrons. The molecule has 0 spiro atoms. The molecule has 1 amide bonds. The van der Waals surface area contributed by atoms with Gasteiger partial charge in [0.05, 0.1) is 36.2 Å². The molecular formula is C23H28IN3O4. The third-order valence-corrected chi connectivity index (χ3v) is 5.51. The van der Waals surface area contributed by atoms with E-state index in [0.29, 0.717) is 44.5 Å². The first-order valence-electron chi connectivity index (χ1n) is 10.3. The van der Waals surface area contributed by atoms with Crippen molar-refractivity contribution < 1.29 is 19.0 Å². The second-order valence-electron chi connectivity index (χ2n) is 7.22. The topological polar surface area (TPSA) is 72.4 Å². The molecule has 1 heterocycles. The zero-order valence-corrected chi connectivity index (χ0v) is 20.1. The summed E-state index contributed by atoms with van der Waals surface area (Å²) < 4.78 is 18.1. The number of nitrogens with zero attached hydrogens (tertiary/aromatic N) is 2. The maximum absolute atomic E-state index is 12.1. The van der Waals surface area contributed by atoms with Gasteiger partial charge in [0.2, 0.25) is 0 Å². The highest BCUT2D eigenvalue weighted by molar-refractivity contribution is 14.1. The van der Waals surface area contributed by atoms with E-state index in [1.54, 1.807) is 6.21 Å². The van der Waals surface area contributed by atoms with E-state index in [0.717, 1.165) is 27.8 Å². The number of ether oxygens (including phenoxy) is 3. The summed E-state index contributed by atoms with van der Waals surface area (Å²) in [4.78, 5) is 14.1. The minimum Gasteiger partial charge on any atom is -0.490 e. The molecule has 2 aromatic carbocycles. The van der Waals surface area contributed by atoms with Crippen molar-refractivity contribution >= 4 is 34.7 Å². The average molecular weight is 537 g/mol. The first kappa shape index (κ1) is 23.5. The number of carbonyl (C=O) groups excluding carboxylic acids is 1. The molecular weight excluding hydrogens is 509 g/mol. The number of morpholine rings is 1. The Morgan fingerprint density at radius 1 is 1.23 bits per heavy atom. The molecule has 8 heteroatoms. The van der Waals surface area contributed by atoms with Gasteiger partial charge in [0.15, 0.2) is 11.5 Å². The second kappa shape index (κ2) is 12.0. The van der Waals surface area contributed by atoms with E-state index in [1.165, 1.54) is 5.56 Å². The van der Waals surface area contributed by atoms with Gasteiger partial charge in [-0.3, -0.25) is 9.69 Å². The average Bonchev–Trinajstić information content (AvgIpc) is 2.75. The lowest BCUT2D eigenvalue weighted by atomic mass is 10.2. The molecule has 7 nitrogen and oxygen atoms in total. The van der Waals surface area contributed by atoms with Gasteiger partial charge in [-0.2, -0.15) is 5.10 Å². The SMILES string of the molecule is CCOc1cc(/C=N/NC(=O)CN2CCOCC2)cc(I)c1OCc1ccc(C)cc1. The van der Waals surface area contributed by atoms with Crippen molar-refractivity contribution in [3.05, 3.63) is 56.7 Å². The van der Waals surface area contributed by atoms with Crippen LogP contribution in [0.15, 0.2) is 41.5 Å². The Hall–Kier alpha value is -2.17. The molecule has 1 N–H and O–H groups in total. The molecule has 0 atom stereocenters. The van der Waals surface area contributed by atoms with E-state index in [1.807, 2.05) is 24.0 Å². The first-order valence-corrected chi connectivity index (χ1v) is 11.4. The highest BCUT2D eigenvalue weighted by atomic mass is 127. The van der Waals surface area contributed by atoms with Gasteiger partial charge in [0, 0.05) is 13.1 Å². The second-order valence-corrected chi connectivity index (χ2v) is 8.38. The Morgan fingerprint density at radius 2 is 1.97 bits per heavy atom. The number of rotatable bonds is 9. The number of nitrogens with one attached hydrogen (secondary N) is 1. The monoisotopic (exact) mass is 537 g/mol. The molecule has 1 saturated heterocycles. The molecule has 0 bridgehead atoms. The zero-order chi connectivity index (χ0) is 22.1. The van der Waals surface area contributed by atoms with Gasteiger partial charge < -0.3 is 14.2 Å². The van der Waals surface area contributed by atoms with E-state index in [-0.39, 0.29) is 5.91 Å². The number of carbonyl (C=O) groups is 1. The van der Waals surface area contributed by atoms with Crippen LogP contribution < -0.4 is 14.9 Å². The maximum Gasteiger partial charge on any atom is 0.254 e. The van der Waals surface area contributed by atoms with Crippen molar-refractivity contribution in [1.29, 1.82) is 0 Å². The van der Waals surface area contributed by atoms with Crippen LogP contribution in [0, 0.1) is 10.5 Å². The Morgan fingerprint density at radius 3 is 2.68 bits per heavy atom. The summed E-state index contributed by atoms with van der Waals surface area (Å²) in [5.74, 6) is 1.22. The van der Waals surface area contributed by atoms with Crippen molar-refractivity contribution in [3.63, 3.8) is 0 Å². The lowest BCUT2D eigenvalue weighted by Gasteiger charge is -2.25. The van der Waals surface area contributed by atoms with Crippen molar-refractivity contribution in [3.8, 4) is 11.5 Å². The molecule has 166 valence electrons. The number of hydrogen-bond donors (Lipinski definition) is 1. The molecule has 1 aliphatic heterocycles. The van der Waals surface area contributed by atoms with Crippen LogP contribution in [0.1, 0.15) is 23.6 Å². The van der Waals surface area contributed by atoms with Crippen LogP contribution >= 0.6 is 22.6 Å². The predicted octanol–water partition coefficient (Wildman–Crippen LogP) is 3.36. The van der Waals surface area contributed by atoms with Crippen LogP contribution in [-0.2, 0) is 16.1 Å². The van der Waals surface area contributed by atoms with Crippen molar-refractivity contribution in [1.82, 2.24) is 10.3 Å². The predicted molar refractivity (Wildman–Crippen MR) is 129 cm³/mol. The van der Waals surface area contributed by atoms with E-state index in [9.17, 15) is 4.79 Å². The molecule has 0 aliphatic carbocycles. The lowest BCUT2D eigenvalue weighted by molar-refractivity contribution is -0.123. The molecule has 1 fully saturated rings. The van der Waals surface area contributed by atoms with Gasteiger partial charge in [-0.1, -0.05) is 29.8 Å². The number of aryl methyl sites for hydroxylation is 1. The Kier molecular flexibility index (Phi) is 9.11. The number of hydrogen-bond acceptors (Lipinski definition) is 6. The van der Waals surface area contributed by atoms with Crippen molar-refractivity contribution in [2.24, 2.45) is 5.10 Å². The largest absolute Gasteiger partial charge is 0.490 e. The quantitative estimate of drug-likeness (QED) is 0.302. The van der Waals surface area contributed by atoms with Crippen molar-refractivity contribution in [2.75, 3.05) is 39.5 Å². The summed E-state index contributed by atoms with van der Waals surface area (Å²) in [7, 11) is 0. The van der Waals surface area contributed by atoms with Crippen LogP contribution in [0.2, 0.25) is 0 Å². The van der Waals surface area contributed by atoms with Gasteiger partial charge in [0.1, 0.15) is 6.61 Å². The molecule has 2 aromatic rings. The third-order valence-electron chi connectivity index (χ3n) is 4.71. The minimum absolute atomic E-state index is 0.143. The van der Waals surface area contributed by atoms with Crippen LogP contribution in [0.25, 0.3) is 0 Å². The number of hydrazone groups is 1. The summed E-state index contributed by atoms with van der Waals surface area (Å²) in [6, 6.07) is 12.1.